The second-order valence-electron chi connectivity index (χ2n) is 8.08. The van der Waals surface area contributed by atoms with Crippen LogP contribution in [0.25, 0.3) is 28.0 Å². The van der Waals surface area contributed by atoms with Gasteiger partial charge in [-0.15, -0.1) is 5.10 Å². The molecule has 34 heavy (non-hydrogen) atoms. The fourth-order valence-corrected chi connectivity index (χ4v) is 6.19. The number of nitrogens with two attached hydrogens (primary N) is 1. The molecule has 0 radical (unpaired) electrons. The molecule has 4 aromatic rings. The minimum atomic E-state index is -3.15. The molecule has 1 unspecified atom stereocenters. The lowest BCUT2D eigenvalue weighted by Crippen LogP contribution is -2.35. The molecule has 5 rings (SSSR count). The zero-order chi connectivity index (χ0) is 24.0. The Morgan fingerprint density at radius 3 is 2.50 bits per heavy atom. The zero-order valence-corrected chi connectivity index (χ0v) is 20.0. The van der Waals surface area contributed by atoms with Crippen molar-refractivity contribution in [3.63, 3.8) is 0 Å². The summed E-state index contributed by atoms with van der Waals surface area (Å²) in [7, 11) is -3.15. The summed E-state index contributed by atoms with van der Waals surface area (Å²) in [5.41, 5.74) is 9.33. The Labute approximate surface area is 205 Å². The van der Waals surface area contributed by atoms with E-state index in [0.717, 1.165) is 11.1 Å². The van der Waals surface area contributed by atoms with Crippen LogP contribution < -0.4 is 11.1 Å². The normalized spacial score (nSPS) is 17.2. The lowest BCUT2D eigenvalue weighted by Gasteiger charge is -2.14. The Hall–Kier alpha value is -3.14. The number of nitrogen functional groups attached to an aromatic ring is 1. The van der Waals surface area contributed by atoms with Gasteiger partial charge in [0, 0.05) is 39.0 Å². The molecule has 3 heterocycles. The lowest BCUT2D eigenvalue weighted by molar-refractivity contribution is 0.0943. The topological polar surface area (TPSA) is 119 Å². The highest BCUT2D eigenvalue weighted by atomic mass is 35.5. The number of anilines is 1. The van der Waals surface area contributed by atoms with E-state index < -0.39 is 21.8 Å². The Bertz CT molecular complexity index is 1530. The smallest absolute Gasteiger partial charge is 0.259 e. The van der Waals surface area contributed by atoms with E-state index in [4.69, 9.17) is 28.9 Å². The number of fused-ring (bicyclic) bond motifs is 1. The van der Waals surface area contributed by atoms with Gasteiger partial charge in [0.2, 0.25) is 0 Å². The van der Waals surface area contributed by atoms with Crippen LogP contribution >= 0.6 is 23.2 Å². The molecule has 2 aromatic heterocycles. The SMILES string of the molecule is Nc1nn2c(-c3ccc(Cl)cc3)c(-c3ccccc3Cl)cnc2c1C(=O)NC1CCS(=O)(=O)C1. The molecule has 1 aliphatic rings. The average molecular weight is 516 g/mol. The first-order valence-electron chi connectivity index (χ1n) is 10.4. The summed E-state index contributed by atoms with van der Waals surface area (Å²) in [4.78, 5) is 17.6. The molecular formula is C23H19Cl2N5O3S. The molecule has 1 atom stereocenters. The van der Waals surface area contributed by atoms with Gasteiger partial charge >= 0.3 is 0 Å². The van der Waals surface area contributed by atoms with Gasteiger partial charge in [-0.05, 0) is 24.6 Å². The van der Waals surface area contributed by atoms with E-state index in [0.29, 0.717) is 27.7 Å². The quantitative estimate of drug-likeness (QED) is 0.425. The first-order valence-corrected chi connectivity index (χ1v) is 13.0. The molecule has 174 valence electrons. The van der Waals surface area contributed by atoms with Gasteiger partial charge in [0.1, 0.15) is 5.56 Å². The van der Waals surface area contributed by atoms with Crippen molar-refractivity contribution in [2.75, 3.05) is 17.2 Å². The van der Waals surface area contributed by atoms with E-state index in [-0.39, 0.29) is 28.5 Å². The van der Waals surface area contributed by atoms with Gasteiger partial charge in [-0.3, -0.25) is 4.79 Å². The fourth-order valence-electron chi connectivity index (χ4n) is 4.15. The number of nitrogens with one attached hydrogen (secondary N) is 1. The van der Waals surface area contributed by atoms with Crippen LogP contribution in [0.5, 0.6) is 0 Å². The van der Waals surface area contributed by atoms with Crippen molar-refractivity contribution >= 4 is 50.4 Å². The average Bonchev–Trinajstić information content (AvgIpc) is 3.31. The molecule has 1 aliphatic heterocycles. The number of sulfone groups is 1. The number of hydrogen-bond acceptors (Lipinski definition) is 6. The molecule has 11 heteroatoms. The molecule has 0 aliphatic carbocycles. The Kier molecular flexibility index (Phi) is 5.71. The highest BCUT2D eigenvalue weighted by Gasteiger charge is 2.31. The van der Waals surface area contributed by atoms with E-state index in [1.807, 2.05) is 30.3 Å². The van der Waals surface area contributed by atoms with Crippen molar-refractivity contribution in [3.8, 4) is 22.4 Å². The number of rotatable bonds is 4. The summed E-state index contributed by atoms with van der Waals surface area (Å²) in [6.45, 7) is 0. The third-order valence-corrected chi connectivity index (χ3v) is 8.10. The van der Waals surface area contributed by atoms with Gasteiger partial charge in [0.15, 0.2) is 21.3 Å². The number of halogens is 2. The maximum atomic E-state index is 13.1. The lowest BCUT2D eigenvalue weighted by atomic mass is 10.0. The summed E-state index contributed by atoms with van der Waals surface area (Å²) < 4.78 is 25.1. The van der Waals surface area contributed by atoms with E-state index >= 15 is 0 Å². The number of amides is 1. The highest BCUT2D eigenvalue weighted by Crippen LogP contribution is 2.37. The second kappa shape index (κ2) is 8.57. The van der Waals surface area contributed by atoms with E-state index in [1.54, 1.807) is 24.4 Å². The monoisotopic (exact) mass is 515 g/mol. The predicted octanol–water partition coefficient (Wildman–Crippen LogP) is 3.87. The van der Waals surface area contributed by atoms with Crippen LogP contribution in [0, 0.1) is 0 Å². The Balaban J connectivity index is 1.68. The molecule has 1 fully saturated rings. The van der Waals surface area contributed by atoms with Crippen molar-refractivity contribution < 1.29 is 13.2 Å². The number of carbonyl (C=O) groups is 1. The van der Waals surface area contributed by atoms with Crippen molar-refractivity contribution in [1.82, 2.24) is 19.9 Å². The molecule has 2 aromatic carbocycles. The first-order chi connectivity index (χ1) is 16.2. The number of aromatic nitrogens is 3. The molecule has 0 spiro atoms. The van der Waals surface area contributed by atoms with Gasteiger partial charge in [0.25, 0.3) is 5.91 Å². The minimum Gasteiger partial charge on any atom is -0.381 e. The van der Waals surface area contributed by atoms with Gasteiger partial charge in [0.05, 0.1) is 17.2 Å². The fraction of sp³-hybridized carbons (Fsp3) is 0.174. The van der Waals surface area contributed by atoms with E-state index in [9.17, 15) is 13.2 Å². The maximum absolute atomic E-state index is 13.1. The summed E-state index contributed by atoms with van der Waals surface area (Å²) in [5, 5.41) is 8.29. The standard InChI is InChI=1S/C23H19Cl2N5O3S/c24-14-7-5-13(6-8-14)20-17(16-3-1-2-4-18(16)25)11-27-22-19(21(26)29-30(20)22)23(31)28-15-9-10-34(32,33)12-15/h1-8,11,15H,9-10,12H2,(H2,26,29)(H,28,31). The number of hydrogen-bond donors (Lipinski definition) is 2. The zero-order valence-electron chi connectivity index (χ0n) is 17.7. The number of benzene rings is 2. The molecule has 3 N–H and O–H groups in total. The maximum Gasteiger partial charge on any atom is 0.259 e. The first kappa shape index (κ1) is 22.6. The van der Waals surface area contributed by atoms with Gasteiger partial charge in [-0.2, -0.15) is 0 Å². The van der Waals surface area contributed by atoms with Crippen molar-refractivity contribution in [1.29, 1.82) is 0 Å². The largest absolute Gasteiger partial charge is 0.381 e. The molecule has 0 bridgehead atoms. The molecule has 8 nitrogen and oxygen atoms in total. The number of carbonyl (C=O) groups excluding carboxylic acids is 1. The van der Waals surface area contributed by atoms with Gasteiger partial charge < -0.3 is 11.1 Å². The second-order valence-corrected chi connectivity index (χ2v) is 11.1. The van der Waals surface area contributed by atoms with Gasteiger partial charge in [-0.25, -0.2) is 17.9 Å². The van der Waals surface area contributed by atoms with Crippen LogP contribution in [-0.2, 0) is 9.84 Å². The van der Waals surface area contributed by atoms with Crippen LogP contribution in [-0.4, -0.2) is 46.5 Å². The third kappa shape index (κ3) is 4.11. The minimum absolute atomic E-state index is 0.0163. The van der Waals surface area contributed by atoms with Crippen LogP contribution in [0.1, 0.15) is 16.8 Å². The summed E-state index contributed by atoms with van der Waals surface area (Å²) in [6, 6.07) is 14.0. The van der Waals surface area contributed by atoms with Crippen LogP contribution in [0.15, 0.2) is 54.7 Å². The molecule has 1 amide bonds. The summed E-state index contributed by atoms with van der Waals surface area (Å²) >= 11 is 12.6. The van der Waals surface area contributed by atoms with Crippen molar-refractivity contribution in [2.24, 2.45) is 0 Å². The summed E-state index contributed by atoms with van der Waals surface area (Å²) in [5.74, 6) is -0.590. The van der Waals surface area contributed by atoms with E-state index in [1.165, 1.54) is 4.52 Å². The third-order valence-electron chi connectivity index (χ3n) is 5.75. The number of nitrogens with zero attached hydrogens (tertiary/aromatic N) is 3. The highest BCUT2D eigenvalue weighted by molar-refractivity contribution is 7.91. The molecule has 0 saturated carbocycles. The Morgan fingerprint density at radius 1 is 1.09 bits per heavy atom. The van der Waals surface area contributed by atoms with Crippen LogP contribution in [0.2, 0.25) is 10.0 Å². The molecule has 1 saturated heterocycles. The van der Waals surface area contributed by atoms with Crippen LogP contribution in [0.4, 0.5) is 5.82 Å². The Morgan fingerprint density at radius 2 is 1.82 bits per heavy atom. The predicted molar refractivity (Wildman–Crippen MR) is 133 cm³/mol. The van der Waals surface area contributed by atoms with Crippen molar-refractivity contribution in [3.05, 3.63) is 70.3 Å². The summed E-state index contributed by atoms with van der Waals surface area (Å²) in [6.07, 6.45) is 1.98. The van der Waals surface area contributed by atoms with Gasteiger partial charge in [-0.1, -0.05) is 53.5 Å². The molecular weight excluding hydrogens is 497 g/mol. The van der Waals surface area contributed by atoms with Crippen molar-refractivity contribution in [2.45, 2.75) is 12.5 Å². The van der Waals surface area contributed by atoms with Crippen LogP contribution in [0.3, 0.4) is 0 Å². The van der Waals surface area contributed by atoms with E-state index in [2.05, 4.69) is 15.4 Å².